The van der Waals surface area contributed by atoms with Crippen LogP contribution in [0.25, 0.3) is 22.2 Å². The topological polar surface area (TPSA) is 111 Å². The molecule has 1 amide bonds. The molecular formula is C21H14N4O4. The van der Waals surface area contributed by atoms with Crippen molar-refractivity contribution in [1.29, 1.82) is 0 Å². The highest BCUT2D eigenvalue weighted by Gasteiger charge is 2.09. The van der Waals surface area contributed by atoms with Crippen LogP contribution in [0.5, 0.6) is 0 Å². The number of nitrogens with zero attached hydrogens (tertiary/aromatic N) is 3. The number of hydrogen-bond donors (Lipinski definition) is 1. The Hall–Kier alpha value is -4.33. The van der Waals surface area contributed by atoms with Crippen LogP contribution in [0.3, 0.4) is 0 Å². The van der Waals surface area contributed by atoms with Crippen LogP contribution in [0.4, 0.5) is 5.69 Å². The summed E-state index contributed by atoms with van der Waals surface area (Å²) in [5.74, 6) is 0.517. The van der Waals surface area contributed by atoms with Gasteiger partial charge in [0.2, 0.25) is 0 Å². The van der Waals surface area contributed by atoms with Crippen LogP contribution in [0.15, 0.2) is 82.3 Å². The predicted octanol–water partition coefficient (Wildman–Crippen LogP) is 4.17. The highest BCUT2D eigenvalue weighted by Crippen LogP contribution is 2.24. The van der Waals surface area contributed by atoms with E-state index in [0.717, 1.165) is 10.9 Å². The monoisotopic (exact) mass is 386 g/mol. The molecule has 8 heteroatoms. The molecule has 4 rings (SSSR count). The summed E-state index contributed by atoms with van der Waals surface area (Å²) in [7, 11) is 0. The second-order valence-corrected chi connectivity index (χ2v) is 6.09. The Labute approximate surface area is 164 Å². The summed E-state index contributed by atoms with van der Waals surface area (Å²) in [5, 5.41) is 15.6. The van der Waals surface area contributed by atoms with Gasteiger partial charge in [-0.15, -0.1) is 0 Å². The molecule has 0 aliphatic carbocycles. The standard InChI is InChI=1S/C21H14N4O4/c26-21(19-11-7-14-3-1-2-4-18(14)23-19)24-22-13-17-10-12-20(29-17)15-5-8-16(9-6-15)25(27)28/h1-13H,(H,24,26)/b22-13+. The molecule has 142 valence electrons. The Morgan fingerprint density at radius 2 is 1.83 bits per heavy atom. The second kappa shape index (κ2) is 7.73. The number of amides is 1. The normalized spacial score (nSPS) is 11.0. The second-order valence-electron chi connectivity index (χ2n) is 6.09. The van der Waals surface area contributed by atoms with Gasteiger partial charge in [-0.2, -0.15) is 5.10 Å². The van der Waals surface area contributed by atoms with Crippen LogP contribution in [0, 0.1) is 10.1 Å². The van der Waals surface area contributed by atoms with E-state index in [1.54, 1.807) is 30.3 Å². The van der Waals surface area contributed by atoms with Crippen molar-refractivity contribution in [2.45, 2.75) is 0 Å². The van der Waals surface area contributed by atoms with E-state index in [-0.39, 0.29) is 11.4 Å². The summed E-state index contributed by atoms with van der Waals surface area (Å²) in [5.41, 5.74) is 4.10. The zero-order chi connectivity index (χ0) is 20.2. The summed E-state index contributed by atoms with van der Waals surface area (Å²) in [6, 6.07) is 20.4. The number of benzene rings is 2. The number of furan rings is 1. The van der Waals surface area contributed by atoms with Crippen LogP contribution < -0.4 is 5.43 Å². The summed E-state index contributed by atoms with van der Waals surface area (Å²) >= 11 is 0. The highest BCUT2D eigenvalue weighted by atomic mass is 16.6. The van der Waals surface area contributed by atoms with Crippen LogP contribution in [0.1, 0.15) is 16.2 Å². The van der Waals surface area contributed by atoms with Crippen molar-refractivity contribution in [2.24, 2.45) is 5.10 Å². The maximum Gasteiger partial charge on any atom is 0.289 e. The lowest BCUT2D eigenvalue weighted by molar-refractivity contribution is -0.384. The number of fused-ring (bicyclic) bond motifs is 1. The largest absolute Gasteiger partial charge is 0.455 e. The van der Waals surface area contributed by atoms with E-state index in [4.69, 9.17) is 4.42 Å². The molecule has 2 aromatic heterocycles. The molecule has 2 heterocycles. The molecule has 0 aliphatic heterocycles. The summed E-state index contributed by atoms with van der Waals surface area (Å²) < 4.78 is 5.63. The number of carbonyl (C=O) groups excluding carboxylic acids is 1. The molecule has 0 atom stereocenters. The molecule has 0 bridgehead atoms. The average molecular weight is 386 g/mol. The number of nitrogens with one attached hydrogen (secondary N) is 1. The van der Waals surface area contributed by atoms with E-state index in [1.807, 2.05) is 30.3 Å². The van der Waals surface area contributed by atoms with Gasteiger partial charge in [-0.05, 0) is 36.4 Å². The lowest BCUT2D eigenvalue weighted by Crippen LogP contribution is -2.18. The van der Waals surface area contributed by atoms with Crippen LogP contribution in [0.2, 0.25) is 0 Å². The zero-order valence-electron chi connectivity index (χ0n) is 15.0. The van der Waals surface area contributed by atoms with E-state index in [0.29, 0.717) is 17.1 Å². The third-order valence-corrected chi connectivity index (χ3v) is 4.18. The van der Waals surface area contributed by atoms with E-state index >= 15 is 0 Å². The maximum absolute atomic E-state index is 12.2. The van der Waals surface area contributed by atoms with E-state index < -0.39 is 10.8 Å². The molecule has 2 aromatic carbocycles. The van der Waals surface area contributed by atoms with Gasteiger partial charge in [0.05, 0.1) is 16.7 Å². The zero-order valence-corrected chi connectivity index (χ0v) is 15.0. The van der Waals surface area contributed by atoms with E-state index in [1.165, 1.54) is 18.3 Å². The lowest BCUT2D eigenvalue weighted by Gasteiger charge is -2.01. The minimum absolute atomic E-state index is 0.00658. The summed E-state index contributed by atoms with van der Waals surface area (Å²) in [4.78, 5) is 26.8. The predicted molar refractivity (Wildman–Crippen MR) is 108 cm³/mol. The fraction of sp³-hybridized carbons (Fsp3) is 0. The molecule has 4 aromatic rings. The van der Waals surface area contributed by atoms with Crippen molar-refractivity contribution in [1.82, 2.24) is 10.4 Å². The first kappa shape index (κ1) is 18.1. The lowest BCUT2D eigenvalue weighted by atomic mass is 10.1. The fourth-order valence-corrected chi connectivity index (χ4v) is 2.73. The molecule has 0 unspecified atom stereocenters. The van der Waals surface area contributed by atoms with Gasteiger partial charge in [0.25, 0.3) is 11.6 Å². The Kier molecular flexibility index (Phi) is 4.81. The molecule has 0 aliphatic rings. The number of nitro groups is 1. The number of para-hydroxylation sites is 1. The Morgan fingerprint density at radius 1 is 1.03 bits per heavy atom. The molecule has 1 N–H and O–H groups in total. The van der Waals surface area contributed by atoms with Crippen molar-refractivity contribution in [3.05, 3.63) is 94.4 Å². The molecule has 0 radical (unpaired) electrons. The minimum atomic E-state index is -0.461. The van der Waals surface area contributed by atoms with E-state index in [2.05, 4.69) is 15.5 Å². The van der Waals surface area contributed by atoms with Crippen molar-refractivity contribution in [2.75, 3.05) is 0 Å². The molecule has 0 spiro atoms. The van der Waals surface area contributed by atoms with Crippen LogP contribution in [-0.2, 0) is 0 Å². The number of aromatic nitrogens is 1. The SMILES string of the molecule is O=C(N/N=C/c1ccc(-c2ccc([N+](=O)[O-])cc2)o1)c1ccc2ccccc2n1. The summed E-state index contributed by atoms with van der Waals surface area (Å²) in [6.07, 6.45) is 1.37. The molecule has 0 saturated heterocycles. The number of carbonyl (C=O) groups is 1. The quantitative estimate of drug-likeness (QED) is 0.314. The number of hydrogen-bond acceptors (Lipinski definition) is 6. The number of hydrazone groups is 1. The number of non-ortho nitro benzene ring substituents is 1. The Balaban J connectivity index is 1.42. The van der Waals surface area contributed by atoms with Crippen LogP contribution >= 0.6 is 0 Å². The van der Waals surface area contributed by atoms with Gasteiger partial charge in [-0.1, -0.05) is 24.3 Å². The van der Waals surface area contributed by atoms with Gasteiger partial charge in [-0.25, -0.2) is 10.4 Å². The average Bonchev–Trinajstić information content (AvgIpc) is 3.22. The first-order valence-electron chi connectivity index (χ1n) is 8.64. The molecule has 0 fully saturated rings. The summed E-state index contributed by atoms with van der Waals surface area (Å²) in [6.45, 7) is 0. The van der Waals surface area contributed by atoms with Crippen molar-refractivity contribution < 1.29 is 14.1 Å². The van der Waals surface area contributed by atoms with Crippen molar-refractivity contribution in [3.63, 3.8) is 0 Å². The van der Waals surface area contributed by atoms with Gasteiger partial charge in [0.15, 0.2) is 0 Å². The minimum Gasteiger partial charge on any atom is -0.455 e. The fourth-order valence-electron chi connectivity index (χ4n) is 2.73. The molecule has 29 heavy (non-hydrogen) atoms. The van der Waals surface area contributed by atoms with Crippen molar-refractivity contribution >= 4 is 28.7 Å². The molecule has 0 saturated carbocycles. The van der Waals surface area contributed by atoms with Gasteiger partial charge in [-0.3, -0.25) is 14.9 Å². The highest BCUT2D eigenvalue weighted by molar-refractivity contribution is 5.95. The first-order valence-corrected chi connectivity index (χ1v) is 8.64. The van der Waals surface area contributed by atoms with Gasteiger partial charge in [0.1, 0.15) is 17.2 Å². The first-order chi connectivity index (χ1) is 14.1. The number of pyridine rings is 1. The molecular weight excluding hydrogens is 372 g/mol. The third kappa shape index (κ3) is 4.01. The Morgan fingerprint density at radius 3 is 2.62 bits per heavy atom. The smallest absolute Gasteiger partial charge is 0.289 e. The Bertz CT molecular complexity index is 1230. The van der Waals surface area contributed by atoms with Gasteiger partial charge < -0.3 is 4.42 Å². The van der Waals surface area contributed by atoms with Gasteiger partial charge >= 0.3 is 0 Å². The number of rotatable bonds is 5. The van der Waals surface area contributed by atoms with E-state index in [9.17, 15) is 14.9 Å². The molecule has 8 nitrogen and oxygen atoms in total. The van der Waals surface area contributed by atoms with Crippen LogP contribution in [-0.4, -0.2) is 22.0 Å². The third-order valence-electron chi connectivity index (χ3n) is 4.18. The van der Waals surface area contributed by atoms with Gasteiger partial charge in [0, 0.05) is 23.1 Å². The maximum atomic E-state index is 12.2. The van der Waals surface area contributed by atoms with Crippen molar-refractivity contribution in [3.8, 4) is 11.3 Å². The number of nitro benzene ring substituents is 1.